The molecule has 2 heterocycles. The van der Waals surface area contributed by atoms with Gasteiger partial charge in [0.2, 0.25) is 0 Å². The zero-order chi connectivity index (χ0) is 27.1. The fourth-order valence-electron chi connectivity index (χ4n) is 6.47. The summed E-state index contributed by atoms with van der Waals surface area (Å²) in [7, 11) is 0. The molecule has 0 radical (unpaired) electrons. The normalized spacial score (nSPS) is 23.6. The van der Waals surface area contributed by atoms with Gasteiger partial charge in [-0.25, -0.2) is 4.39 Å². The van der Waals surface area contributed by atoms with Gasteiger partial charge in [-0.05, 0) is 61.3 Å². The zero-order valence-corrected chi connectivity index (χ0v) is 23.9. The van der Waals surface area contributed by atoms with Crippen LogP contribution >= 0.6 is 23.2 Å². The third-order valence-electron chi connectivity index (χ3n) is 8.52. The number of allylic oxidation sites excluding steroid dienone is 3. The standard InChI is InChI=1S/C32H35Cl2FN2O2/c1-32(18-37(19-32)30(22-7-3-2-4-8-22)23-13-24(33)15-25(34)14-23)20-39-29-17-28(35)27(16-26(29)21-9-10-21)31(38)36-11-5-6-12-36/h2-4,7-8,13,15-17,21,23,30H,5-6,9-12,14,18-20H2,1H3. The van der Waals surface area contributed by atoms with Crippen LogP contribution in [0.3, 0.4) is 0 Å². The SMILES string of the molecule is CC1(COc2cc(F)c(C(=O)N3CCCC3)cc2C2CC2)CN(C(c2ccccc2)C2C=C(Cl)C=C(Cl)C2)C1. The summed E-state index contributed by atoms with van der Waals surface area (Å²) in [5.41, 5.74) is 2.33. The first-order chi connectivity index (χ1) is 18.8. The Hall–Kier alpha value is -2.34. The summed E-state index contributed by atoms with van der Waals surface area (Å²) in [4.78, 5) is 17.2. The van der Waals surface area contributed by atoms with Crippen molar-refractivity contribution < 1.29 is 13.9 Å². The van der Waals surface area contributed by atoms with Gasteiger partial charge in [0.05, 0.1) is 12.2 Å². The molecule has 1 saturated carbocycles. The third-order valence-corrected chi connectivity index (χ3v) is 9.02. The molecular weight excluding hydrogens is 534 g/mol. The van der Waals surface area contributed by atoms with E-state index in [0.29, 0.717) is 36.4 Å². The molecule has 2 atom stereocenters. The van der Waals surface area contributed by atoms with Crippen molar-refractivity contribution in [3.63, 3.8) is 0 Å². The van der Waals surface area contributed by atoms with E-state index in [1.165, 1.54) is 11.6 Å². The summed E-state index contributed by atoms with van der Waals surface area (Å²) in [6, 6.07) is 13.9. The lowest BCUT2D eigenvalue weighted by molar-refractivity contribution is -0.0572. The fraction of sp³-hybridized carbons (Fsp3) is 0.469. The molecule has 6 rings (SSSR count). The number of carbonyl (C=O) groups is 1. The molecule has 4 aliphatic rings. The van der Waals surface area contributed by atoms with Crippen LogP contribution < -0.4 is 4.74 Å². The molecule has 39 heavy (non-hydrogen) atoms. The first-order valence-electron chi connectivity index (χ1n) is 14.1. The van der Waals surface area contributed by atoms with Crippen LogP contribution in [0.25, 0.3) is 0 Å². The first kappa shape index (κ1) is 26.9. The van der Waals surface area contributed by atoms with Crippen molar-refractivity contribution >= 4 is 29.1 Å². The molecule has 206 valence electrons. The van der Waals surface area contributed by atoms with Crippen LogP contribution in [0.1, 0.15) is 72.5 Å². The van der Waals surface area contributed by atoms with Crippen molar-refractivity contribution in [2.75, 3.05) is 32.8 Å². The number of nitrogens with zero attached hydrogens (tertiary/aromatic N) is 2. The van der Waals surface area contributed by atoms with Crippen molar-refractivity contribution in [2.45, 2.75) is 51.0 Å². The highest BCUT2D eigenvalue weighted by Crippen LogP contribution is 2.47. The summed E-state index contributed by atoms with van der Waals surface area (Å²) in [6.07, 6.45) is 8.78. The van der Waals surface area contributed by atoms with Gasteiger partial charge in [0.1, 0.15) is 11.6 Å². The lowest BCUT2D eigenvalue weighted by atomic mass is 9.77. The maximum atomic E-state index is 15.2. The number of amides is 1. The van der Waals surface area contributed by atoms with Crippen LogP contribution in [-0.2, 0) is 0 Å². The van der Waals surface area contributed by atoms with E-state index in [0.717, 1.165) is 55.8 Å². The molecule has 2 aliphatic heterocycles. The van der Waals surface area contributed by atoms with Gasteiger partial charge in [0.25, 0.3) is 5.91 Å². The van der Waals surface area contributed by atoms with Gasteiger partial charge in [-0.3, -0.25) is 9.69 Å². The molecular formula is C32H35Cl2FN2O2. The summed E-state index contributed by atoms with van der Waals surface area (Å²) >= 11 is 12.9. The molecule has 2 unspecified atom stereocenters. The topological polar surface area (TPSA) is 32.8 Å². The second-order valence-corrected chi connectivity index (χ2v) is 12.9. The average molecular weight is 570 g/mol. The number of ether oxygens (including phenoxy) is 1. The Morgan fingerprint density at radius 1 is 1.13 bits per heavy atom. The second-order valence-electron chi connectivity index (χ2n) is 12.0. The molecule has 3 fully saturated rings. The van der Waals surface area contributed by atoms with Crippen LogP contribution in [0.4, 0.5) is 4.39 Å². The first-order valence-corrected chi connectivity index (χ1v) is 14.8. The van der Waals surface area contributed by atoms with Crippen molar-refractivity contribution in [3.05, 3.63) is 87.2 Å². The molecule has 0 N–H and O–H groups in total. The highest BCUT2D eigenvalue weighted by atomic mass is 35.5. The highest BCUT2D eigenvalue weighted by molar-refractivity contribution is 6.34. The third kappa shape index (κ3) is 5.77. The number of carbonyl (C=O) groups excluding carboxylic acids is 1. The Bertz CT molecular complexity index is 1290. The average Bonchev–Trinajstić information content (AvgIpc) is 3.59. The Labute approximate surface area is 240 Å². The van der Waals surface area contributed by atoms with Crippen molar-refractivity contribution in [1.82, 2.24) is 9.80 Å². The molecule has 7 heteroatoms. The number of likely N-dealkylation sites (tertiary alicyclic amines) is 2. The van der Waals surface area contributed by atoms with E-state index in [4.69, 9.17) is 27.9 Å². The van der Waals surface area contributed by atoms with Gasteiger partial charge >= 0.3 is 0 Å². The van der Waals surface area contributed by atoms with Gasteiger partial charge in [-0.2, -0.15) is 0 Å². The minimum Gasteiger partial charge on any atom is -0.493 e. The number of rotatable bonds is 8. The van der Waals surface area contributed by atoms with Gasteiger partial charge in [0, 0.05) is 59.7 Å². The summed E-state index contributed by atoms with van der Waals surface area (Å²) in [5.74, 6) is 0.436. The Balaban J connectivity index is 1.16. The Kier molecular flexibility index (Phi) is 7.51. The quantitative estimate of drug-likeness (QED) is 0.328. The Morgan fingerprint density at radius 3 is 2.51 bits per heavy atom. The van der Waals surface area contributed by atoms with Crippen LogP contribution in [0.2, 0.25) is 0 Å². The van der Waals surface area contributed by atoms with E-state index in [2.05, 4.69) is 42.2 Å². The summed E-state index contributed by atoms with van der Waals surface area (Å²) < 4.78 is 21.5. The molecule has 2 aromatic rings. The maximum Gasteiger partial charge on any atom is 0.256 e. The van der Waals surface area contributed by atoms with Crippen LogP contribution in [-0.4, -0.2) is 48.5 Å². The fourth-order valence-corrected chi connectivity index (χ4v) is 7.11. The van der Waals surface area contributed by atoms with Crippen molar-refractivity contribution in [2.24, 2.45) is 11.3 Å². The lowest BCUT2D eigenvalue weighted by Gasteiger charge is -2.53. The minimum absolute atomic E-state index is 0.0732. The maximum absolute atomic E-state index is 15.2. The molecule has 2 aliphatic carbocycles. The van der Waals surface area contributed by atoms with E-state index in [1.54, 1.807) is 11.0 Å². The number of hydrogen-bond donors (Lipinski definition) is 0. The van der Waals surface area contributed by atoms with Crippen LogP contribution in [0.5, 0.6) is 5.75 Å². The van der Waals surface area contributed by atoms with Crippen molar-refractivity contribution in [1.29, 1.82) is 0 Å². The van der Waals surface area contributed by atoms with Crippen LogP contribution in [0, 0.1) is 17.2 Å². The molecule has 0 spiro atoms. The summed E-state index contributed by atoms with van der Waals surface area (Å²) in [6.45, 7) is 5.83. The lowest BCUT2D eigenvalue weighted by Crippen LogP contribution is -2.59. The Morgan fingerprint density at radius 2 is 1.85 bits per heavy atom. The molecule has 2 saturated heterocycles. The van der Waals surface area contributed by atoms with E-state index >= 15 is 4.39 Å². The van der Waals surface area contributed by atoms with Gasteiger partial charge in [-0.1, -0.05) is 66.5 Å². The molecule has 1 amide bonds. The monoisotopic (exact) mass is 568 g/mol. The van der Waals surface area contributed by atoms with E-state index < -0.39 is 5.82 Å². The van der Waals surface area contributed by atoms with E-state index in [9.17, 15) is 4.79 Å². The second kappa shape index (κ2) is 10.9. The smallest absolute Gasteiger partial charge is 0.256 e. The minimum atomic E-state index is -0.485. The number of hydrogen-bond acceptors (Lipinski definition) is 3. The largest absolute Gasteiger partial charge is 0.493 e. The summed E-state index contributed by atoms with van der Waals surface area (Å²) in [5, 5.41) is 1.46. The predicted molar refractivity (Wildman–Crippen MR) is 154 cm³/mol. The van der Waals surface area contributed by atoms with Gasteiger partial charge in [-0.15, -0.1) is 0 Å². The van der Waals surface area contributed by atoms with Gasteiger partial charge in [0.15, 0.2) is 0 Å². The zero-order valence-electron chi connectivity index (χ0n) is 22.3. The van der Waals surface area contributed by atoms with E-state index in [-0.39, 0.29) is 28.8 Å². The van der Waals surface area contributed by atoms with Gasteiger partial charge < -0.3 is 9.64 Å². The molecule has 0 aromatic heterocycles. The molecule has 2 aromatic carbocycles. The number of benzene rings is 2. The highest BCUT2D eigenvalue weighted by Gasteiger charge is 2.45. The molecule has 0 bridgehead atoms. The van der Waals surface area contributed by atoms with Crippen molar-refractivity contribution in [3.8, 4) is 5.75 Å². The van der Waals surface area contributed by atoms with E-state index in [1.807, 2.05) is 12.1 Å². The van der Waals surface area contributed by atoms with Crippen LogP contribution in [0.15, 0.2) is 64.7 Å². The predicted octanol–water partition coefficient (Wildman–Crippen LogP) is 7.65. The number of halogens is 3. The molecule has 4 nitrogen and oxygen atoms in total.